The summed E-state index contributed by atoms with van der Waals surface area (Å²) in [6.07, 6.45) is 5.17. The molecule has 0 saturated heterocycles. The maximum absolute atomic E-state index is 13.0. The average molecular weight is 288 g/mol. The number of hydrogen-bond donors (Lipinski definition) is 0. The molecule has 0 bridgehead atoms. The first-order chi connectivity index (χ1) is 9.44. The number of rotatable bonds is 2. The van der Waals surface area contributed by atoms with Crippen LogP contribution in [0.15, 0.2) is 47.4 Å². The van der Waals surface area contributed by atoms with Gasteiger partial charge in [0.25, 0.3) is 0 Å². The van der Waals surface area contributed by atoms with Crippen molar-refractivity contribution in [2.45, 2.75) is 29.4 Å². The van der Waals surface area contributed by atoms with E-state index in [2.05, 4.69) is 12.2 Å². The number of allylic oxidation sites excluding steroid dienone is 2. The quantitative estimate of drug-likeness (QED) is 0.785. The number of carbonyl (C=O) groups is 1. The van der Waals surface area contributed by atoms with Gasteiger partial charge in [-0.2, -0.15) is 0 Å². The summed E-state index contributed by atoms with van der Waals surface area (Å²) in [6.45, 7) is 2.02. The van der Waals surface area contributed by atoms with Crippen LogP contribution < -0.4 is 0 Å². The van der Waals surface area contributed by atoms with E-state index in [4.69, 9.17) is 0 Å². The van der Waals surface area contributed by atoms with E-state index in [1.165, 1.54) is 0 Å². The van der Waals surface area contributed by atoms with Gasteiger partial charge >= 0.3 is 0 Å². The molecule has 1 aromatic rings. The Balaban J connectivity index is 1.91. The van der Waals surface area contributed by atoms with Crippen LogP contribution in [0.25, 0.3) is 0 Å². The fraction of sp³-hybridized carbons (Fsp3) is 0.438. The Labute approximate surface area is 118 Å². The zero-order chi connectivity index (χ0) is 14.2. The molecule has 104 valence electrons. The molecule has 1 aromatic carbocycles. The van der Waals surface area contributed by atoms with Crippen molar-refractivity contribution in [2.75, 3.05) is 0 Å². The van der Waals surface area contributed by atoms with E-state index in [0.717, 1.165) is 0 Å². The van der Waals surface area contributed by atoms with E-state index in [1.54, 1.807) is 30.3 Å². The summed E-state index contributed by atoms with van der Waals surface area (Å²) >= 11 is 0. The second kappa shape index (κ2) is 3.42. The predicted octanol–water partition coefficient (Wildman–Crippen LogP) is 2.38. The maximum Gasteiger partial charge on any atom is 0.191 e. The molecule has 0 unspecified atom stereocenters. The van der Waals surface area contributed by atoms with Crippen molar-refractivity contribution < 1.29 is 13.2 Å². The molecule has 4 rings (SSSR count). The van der Waals surface area contributed by atoms with Gasteiger partial charge in [0.2, 0.25) is 0 Å². The van der Waals surface area contributed by atoms with Crippen LogP contribution in [0.1, 0.15) is 19.8 Å². The van der Waals surface area contributed by atoms with Crippen molar-refractivity contribution >= 4 is 15.6 Å². The van der Waals surface area contributed by atoms with Gasteiger partial charge in [-0.3, -0.25) is 4.79 Å². The molecule has 20 heavy (non-hydrogen) atoms. The van der Waals surface area contributed by atoms with Crippen molar-refractivity contribution in [3.63, 3.8) is 0 Å². The molecule has 2 saturated carbocycles. The van der Waals surface area contributed by atoms with Gasteiger partial charge in [0.15, 0.2) is 15.6 Å². The van der Waals surface area contributed by atoms with Gasteiger partial charge in [0.05, 0.1) is 4.90 Å². The van der Waals surface area contributed by atoms with Crippen LogP contribution in [-0.4, -0.2) is 18.9 Å². The number of Topliss-reactive ketones (excluding diaryl/α,β-unsaturated/α-hetero) is 1. The maximum atomic E-state index is 13.0. The first-order valence-electron chi connectivity index (χ1n) is 6.95. The minimum Gasteiger partial charge on any atom is -0.298 e. The normalized spacial score (nSPS) is 41.5. The van der Waals surface area contributed by atoms with E-state index in [9.17, 15) is 13.2 Å². The lowest BCUT2D eigenvalue weighted by molar-refractivity contribution is -0.119. The molecule has 0 amide bonds. The van der Waals surface area contributed by atoms with Gasteiger partial charge in [0.1, 0.15) is 4.75 Å². The average Bonchev–Trinajstić information content (AvgIpc) is 3.05. The minimum atomic E-state index is -3.60. The number of sulfone groups is 1. The lowest BCUT2D eigenvalue weighted by atomic mass is 9.78. The molecule has 4 heteroatoms. The van der Waals surface area contributed by atoms with Crippen LogP contribution in [0, 0.1) is 17.3 Å². The SMILES string of the molecule is C[C@]12C=CC[C@@H]3[C@H]1[C@]3(S(=O)(=O)c1ccccc1)C(=O)C2. The van der Waals surface area contributed by atoms with E-state index < -0.39 is 14.6 Å². The second-order valence-corrected chi connectivity index (χ2v) is 8.59. The highest BCUT2D eigenvalue weighted by Crippen LogP contribution is 2.74. The van der Waals surface area contributed by atoms with Crippen molar-refractivity contribution in [3.05, 3.63) is 42.5 Å². The summed E-state index contributed by atoms with van der Waals surface area (Å²) in [5.41, 5.74) is -0.262. The Morgan fingerprint density at radius 1 is 1.20 bits per heavy atom. The molecule has 0 aromatic heterocycles. The molecule has 3 aliphatic rings. The summed E-state index contributed by atoms with van der Waals surface area (Å²) < 4.78 is 24.9. The Hall–Kier alpha value is -1.42. The number of hydrogen-bond acceptors (Lipinski definition) is 3. The molecule has 4 atom stereocenters. The number of benzene rings is 1. The summed E-state index contributed by atoms with van der Waals surface area (Å²) in [7, 11) is -3.60. The summed E-state index contributed by atoms with van der Waals surface area (Å²) in [5.74, 6) is -0.134. The largest absolute Gasteiger partial charge is 0.298 e. The molecule has 3 nitrogen and oxygen atoms in total. The van der Waals surface area contributed by atoms with Crippen LogP contribution >= 0.6 is 0 Å². The van der Waals surface area contributed by atoms with Crippen LogP contribution in [0.5, 0.6) is 0 Å². The molecular formula is C16H16O3S. The van der Waals surface area contributed by atoms with Crippen LogP contribution in [-0.2, 0) is 14.6 Å². The molecule has 0 spiro atoms. The van der Waals surface area contributed by atoms with E-state index in [-0.39, 0.29) is 27.9 Å². The highest BCUT2D eigenvalue weighted by Gasteiger charge is 2.84. The van der Waals surface area contributed by atoms with Crippen LogP contribution in [0.2, 0.25) is 0 Å². The van der Waals surface area contributed by atoms with E-state index >= 15 is 0 Å². The Morgan fingerprint density at radius 3 is 2.55 bits per heavy atom. The Bertz CT molecular complexity index is 734. The van der Waals surface area contributed by atoms with Gasteiger partial charge in [0, 0.05) is 12.3 Å². The molecule has 0 N–H and O–H groups in total. The third-order valence-corrected chi connectivity index (χ3v) is 7.95. The standard InChI is InChI=1S/C16H16O3S/c1-15-9-5-8-12-14(15)16(12,13(17)10-15)20(18,19)11-6-3-2-4-7-11/h2-7,9,12,14H,8,10H2,1H3/t12-,14-,15-,16-/m1/s1. The summed E-state index contributed by atoms with van der Waals surface area (Å²) in [4.78, 5) is 12.8. The highest BCUT2D eigenvalue weighted by molar-refractivity contribution is 7.94. The molecule has 2 fully saturated rings. The van der Waals surface area contributed by atoms with Crippen molar-refractivity contribution in [3.8, 4) is 0 Å². The third-order valence-electron chi connectivity index (χ3n) is 5.38. The molecule has 0 radical (unpaired) electrons. The van der Waals surface area contributed by atoms with Gasteiger partial charge in [-0.1, -0.05) is 37.3 Å². The Kier molecular flexibility index (Phi) is 2.11. The van der Waals surface area contributed by atoms with E-state index in [1.807, 2.05) is 6.92 Å². The topological polar surface area (TPSA) is 51.2 Å². The first kappa shape index (κ1) is 12.3. The zero-order valence-corrected chi connectivity index (χ0v) is 12.1. The predicted molar refractivity (Wildman–Crippen MR) is 74.8 cm³/mol. The van der Waals surface area contributed by atoms with E-state index in [0.29, 0.717) is 12.8 Å². The molecular weight excluding hydrogens is 272 g/mol. The zero-order valence-electron chi connectivity index (χ0n) is 11.2. The molecule has 3 aliphatic carbocycles. The van der Waals surface area contributed by atoms with Gasteiger partial charge < -0.3 is 0 Å². The smallest absolute Gasteiger partial charge is 0.191 e. The van der Waals surface area contributed by atoms with Crippen molar-refractivity contribution in [1.29, 1.82) is 0 Å². The molecule has 0 heterocycles. The number of fused-ring (bicyclic) bond motifs is 1. The van der Waals surface area contributed by atoms with Gasteiger partial charge in [-0.05, 0) is 29.9 Å². The van der Waals surface area contributed by atoms with Crippen LogP contribution in [0.4, 0.5) is 0 Å². The fourth-order valence-electron chi connectivity index (χ4n) is 4.63. The lowest BCUT2D eigenvalue weighted by Gasteiger charge is -2.25. The minimum absolute atomic E-state index is 0.0241. The first-order valence-corrected chi connectivity index (χ1v) is 8.43. The number of carbonyl (C=O) groups excluding carboxylic acids is 1. The van der Waals surface area contributed by atoms with Crippen LogP contribution in [0.3, 0.4) is 0 Å². The second-order valence-electron chi connectivity index (χ2n) is 6.44. The van der Waals surface area contributed by atoms with Crippen molar-refractivity contribution in [2.24, 2.45) is 17.3 Å². The fourth-order valence-corrected chi connectivity index (χ4v) is 7.23. The lowest BCUT2D eigenvalue weighted by Crippen LogP contribution is -2.33. The van der Waals surface area contributed by atoms with Gasteiger partial charge in [-0.25, -0.2) is 8.42 Å². The number of ketones is 1. The Morgan fingerprint density at radius 2 is 1.90 bits per heavy atom. The molecule has 0 aliphatic heterocycles. The monoisotopic (exact) mass is 288 g/mol. The highest BCUT2D eigenvalue weighted by atomic mass is 32.2. The summed E-state index contributed by atoms with van der Waals surface area (Å²) in [5, 5.41) is 0. The third kappa shape index (κ3) is 1.13. The van der Waals surface area contributed by atoms with Gasteiger partial charge in [-0.15, -0.1) is 0 Å². The van der Waals surface area contributed by atoms with Crippen molar-refractivity contribution in [1.82, 2.24) is 0 Å². The summed E-state index contributed by atoms with van der Waals surface area (Å²) in [6, 6.07) is 8.42.